The number of piperazine rings is 1. The van der Waals surface area contributed by atoms with Crippen LogP contribution in [0.5, 0.6) is 0 Å². The van der Waals surface area contributed by atoms with Crippen molar-refractivity contribution in [3.05, 3.63) is 12.2 Å². The van der Waals surface area contributed by atoms with Crippen molar-refractivity contribution in [2.75, 3.05) is 26.2 Å². The van der Waals surface area contributed by atoms with Gasteiger partial charge in [-0.15, -0.1) is 10.2 Å². The SMILES string of the molecule is CCn1cnnc1C(=O)N1CCNCC1. The Morgan fingerprint density at radius 3 is 2.93 bits per heavy atom. The Bertz CT molecular complexity index is 342. The zero-order valence-electron chi connectivity index (χ0n) is 8.81. The topological polar surface area (TPSA) is 63.1 Å². The number of carbonyl (C=O) groups is 1. The maximum absolute atomic E-state index is 12.0. The summed E-state index contributed by atoms with van der Waals surface area (Å²) in [5.41, 5.74) is 0. The fourth-order valence-corrected chi connectivity index (χ4v) is 1.66. The van der Waals surface area contributed by atoms with E-state index in [9.17, 15) is 4.79 Å². The van der Waals surface area contributed by atoms with Crippen molar-refractivity contribution in [1.29, 1.82) is 0 Å². The Hall–Kier alpha value is -1.43. The fraction of sp³-hybridized carbons (Fsp3) is 0.667. The molecule has 1 amide bonds. The van der Waals surface area contributed by atoms with Crippen LogP contribution in [0.15, 0.2) is 6.33 Å². The van der Waals surface area contributed by atoms with Gasteiger partial charge in [-0.3, -0.25) is 4.79 Å². The van der Waals surface area contributed by atoms with E-state index in [2.05, 4.69) is 15.5 Å². The molecule has 1 fully saturated rings. The molecule has 15 heavy (non-hydrogen) atoms. The first-order chi connectivity index (χ1) is 7.33. The highest BCUT2D eigenvalue weighted by atomic mass is 16.2. The second-order valence-corrected chi connectivity index (χ2v) is 3.48. The van der Waals surface area contributed by atoms with E-state index in [0.717, 1.165) is 32.7 Å². The minimum atomic E-state index is -0.0177. The summed E-state index contributed by atoms with van der Waals surface area (Å²) in [5, 5.41) is 10.8. The van der Waals surface area contributed by atoms with Gasteiger partial charge in [0.05, 0.1) is 0 Å². The maximum atomic E-state index is 12.0. The molecule has 1 aromatic rings. The van der Waals surface area contributed by atoms with Gasteiger partial charge in [-0.05, 0) is 6.92 Å². The summed E-state index contributed by atoms with van der Waals surface area (Å²) < 4.78 is 1.77. The van der Waals surface area contributed by atoms with Crippen LogP contribution >= 0.6 is 0 Å². The number of hydrogen-bond donors (Lipinski definition) is 1. The smallest absolute Gasteiger partial charge is 0.291 e. The van der Waals surface area contributed by atoms with E-state index in [1.165, 1.54) is 0 Å². The molecule has 0 saturated carbocycles. The zero-order valence-corrected chi connectivity index (χ0v) is 8.81. The molecule has 1 aliphatic rings. The predicted octanol–water partition coefficient (Wildman–Crippen LogP) is -0.657. The summed E-state index contributed by atoms with van der Waals surface area (Å²) in [5.74, 6) is 0.426. The lowest BCUT2D eigenvalue weighted by molar-refractivity contribution is 0.0718. The molecule has 0 aromatic carbocycles. The normalized spacial score (nSPS) is 16.7. The number of carbonyl (C=O) groups excluding carboxylic acids is 1. The molecule has 2 heterocycles. The molecule has 0 spiro atoms. The molecular weight excluding hydrogens is 194 g/mol. The van der Waals surface area contributed by atoms with Gasteiger partial charge >= 0.3 is 0 Å². The van der Waals surface area contributed by atoms with Crippen LogP contribution in [0.25, 0.3) is 0 Å². The van der Waals surface area contributed by atoms with Crippen LogP contribution in [0.1, 0.15) is 17.5 Å². The van der Waals surface area contributed by atoms with E-state index in [1.54, 1.807) is 10.9 Å². The average Bonchev–Trinajstić information content (AvgIpc) is 2.77. The predicted molar refractivity (Wildman–Crippen MR) is 54.5 cm³/mol. The van der Waals surface area contributed by atoms with Crippen LogP contribution in [0.3, 0.4) is 0 Å². The minimum Gasteiger partial charge on any atom is -0.333 e. The first kappa shape index (κ1) is 10.1. The average molecular weight is 209 g/mol. The van der Waals surface area contributed by atoms with Crippen LogP contribution in [-0.2, 0) is 6.54 Å². The van der Waals surface area contributed by atoms with Crippen LogP contribution in [0, 0.1) is 0 Å². The van der Waals surface area contributed by atoms with Crippen molar-refractivity contribution < 1.29 is 4.79 Å². The Balaban J connectivity index is 2.12. The first-order valence-corrected chi connectivity index (χ1v) is 5.20. The Morgan fingerprint density at radius 2 is 2.27 bits per heavy atom. The number of aromatic nitrogens is 3. The quantitative estimate of drug-likeness (QED) is 0.702. The molecule has 6 heteroatoms. The van der Waals surface area contributed by atoms with Gasteiger partial charge in [-0.25, -0.2) is 0 Å². The third-order valence-corrected chi connectivity index (χ3v) is 2.55. The van der Waals surface area contributed by atoms with Crippen LogP contribution < -0.4 is 5.32 Å². The summed E-state index contributed by atoms with van der Waals surface area (Å²) in [7, 11) is 0. The highest BCUT2D eigenvalue weighted by Crippen LogP contribution is 2.03. The Kier molecular flexibility index (Phi) is 2.96. The minimum absolute atomic E-state index is 0.0177. The monoisotopic (exact) mass is 209 g/mol. The number of rotatable bonds is 2. The molecular formula is C9H15N5O. The van der Waals surface area contributed by atoms with E-state index in [-0.39, 0.29) is 5.91 Å². The van der Waals surface area contributed by atoms with Crippen molar-refractivity contribution in [2.45, 2.75) is 13.5 Å². The van der Waals surface area contributed by atoms with Crippen molar-refractivity contribution in [3.63, 3.8) is 0 Å². The van der Waals surface area contributed by atoms with Gasteiger partial charge in [0, 0.05) is 32.7 Å². The van der Waals surface area contributed by atoms with Gasteiger partial charge in [0.1, 0.15) is 6.33 Å². The fourth-order valence-electron chi connectivity index (χ4n) is 1.66. The number of amides is 1. The molecule has 0 radical (unpaired) electrons. The number of nitrogens with zero attached hydrogens (tertiary/aromatic N) is 4. The van der Waals surface area contributed by atoms with Crippen LogP contribution in [0.4, 0.5) is 0 Å². The van der Waals surface area contributed by atoms with Crippen molar-refractivity contribution in [2.24, 2.45) is 0 Å². The summed E-state index contributed by atoms with van der Waals surface area (Å²) in [6.07, 6.45) is 1.59. The molecule has 1 saturated heterocycles. The van der Waals surface area contributed by atoms with Gasteiger partial charge in [0.25, 0.3) is 5.91 Å². The Morgan fingerprint density at radius 1 is 1.53 bits per heavy atom. The van der Waals surface area contributed by atoms with E-state index in [4.69, 9.17) is 0 Å². The first-order valence-electron chi connectivity index (χ1n) is 5.20. The standard InChI is InChI=1S/C9H15N5O/c1-2-13-7-11-12-8(13)9(15)14-5-3-10-4-6-14/h7,10H,2-6H2,1H3. The van der Waals surface area contributed by atoms with Gasteiger partial charge < -0.3 is 14.8 Å². The maximum Gasteiger partial charge on any atom is 0.291 e. The third kappa shape index (κ3) is 1.99. The van der Waals surface area contributed by atoms with Gasteiger partial charge in [0.15, 0.2) is 0 Å². The lowest BCUT2D eigenvalue weighted by atomic mass is 10.3. The lowest BCUT2D eigenvalue weighted by Crippen LogP contribution is -2.47. The van der Waals surface area contributed by atoms with Gasteiger partial charge in [-0.1, -0.05) is 0 Å². The highest BCUT2D eigenvalue weighted by Gasteiger charge is 2.21. The van der Waals surface area contributed by atoms with Gasteiger partial charge in [0.2, 0.25) is 5.82 Å². The molecule has 6 nitrogen and oxygen atoms in total. The summed E-state index contributed by atoms with van der Waals surface area (Å²) >= 11 is 0. The van der Waals surface area contributed by atoms with Gasteiger partial charge in [-0.2, -0.15) is 0 Å². The molecule has 0 atom stereocenters. The largest absolute Gasteiger partial charge is 0.333 e. The summed E-state index contributed by atoms with van der Waals surface area (Å²) in [4.78, 5) is 13.8. The molecule has 1 N–H and O–H groups in total. The van der Waals surface area contributed by atoms with E-state index >= 15 is 0 Å². The molecule has 0 unspecified atom stereocenters. The number of aryl methyl sites for hydroxylation is 1. The molecule has 0 bridgehead atoms. The molecule has 0 aliphatic carbocycles. The number of nitrogens with one attached hydrogen (secondary N) is 1. The van der Waals surface area contributed by atoms with Crippen LogP contribution in [-0.4, -0.2) is 51.8 Å². The van der Waals surface area contributed by atoms with Crippen molar-refractivity contribution >= 4 is 5.91 Å². The second-order valence-electron chi connectivity index (χ2n) is 3.48. The van der Waals surface area contributed by atoms with Crippen LogP contribution in [0.2, 0.25) is 0 Å². The highest BCUT2D eigenvalue weighted by molar-refractivity contribution is 5.90. The third-order valence-electron chi connectivity index (χ3n) is 2.55. The van der Waals surface area contributed by atoms with Crippen molar-refractivity contribution in [3.8, 4) is 0 Å². The zero-order chi connectivity index (χ0) is 10.7. The van der Waals surface area contributed by atoms with E-state index in [1.807, 2.05) is 11.8 Å². The summed E-state index contributed by atoms with van der Waals surface area (Å²) in [6, 6.07) is 0. The summed E-state index contributed by atoms with van der Waals surface area (Å²) in [6.45, 7) is 5.89. The molecule has 1 aliphatic heterocycles. The molecule has 2 rings (SSSR count). The second kappa shape index (κ2) is 4.39. The van der Waals surface area contributed by atoms with Crippen molar-refractivity contribution in [1.82, 2.24) is 25.0 Å². The molecule has 1 aromatic heterocycles. The molecule has 82 valence electrons. The van der Waals surface area contributed by atoms with E-state index < -0.39 is 0 Å². The Labute approximate surface area is 88.3 Å². The van der Waals surface area contributed by atoms with E-state index in [0.29, 0.717) is 5.82 Å². The number of hydrogen-bond acceptors (Lipinski definition) is 4. The lowest BCUT2D eigenvalue weighted by Gasteiger charge is -2.26.